The zero-order chi connectivity index (χ0) is 8.65. The van der Waals surface area contributed by atoms with Crippen molar-refractivity contribution in [2.24, 2.45) is 0 Å². The molecule has 0 radical (unpaired) electrons. The van der Waals surface area contributed by atoms with E-state index in [-0.39, 0.29) is 0 Å². The number of aromatic nitrogens is 1. The smallest absolute Gasteiger partial charge is 0.0960 e. The molecule has 0 amide bonds. The van der Waals surface area contributed by atoms with Crippen LogP contribution in [0.25, 0.3) is 0 Å². The van der Waals surface area contributed by atoms with Crippen molar-refractivity contribution in [2.45, 2.75) is 11.9 Å². The van der Waals surface area contributed by atoms with E-state index in [2.05, 4.69) is 17.2 Å². The SMILES string of the molecule is CCNCCSc1ccccn1. The van der Waals surface area contributed by atoms with Crippen LogP contribution < -0.4 is 5.32 Å². The van der Waals surface area contributed by atoms with Crippen LogP contribution in [0.15, 0.2) is 29.4 Å². The molecular weight excluding hydrogens is 168 g/mol. The summed E-state index contributed by atoms with van der Waals surface area (Å²) < 4.78 is 0. The standard InChI is InChI=1S/C9H14N2S/c1-2-10-7-8-12-9-5-3-4-6-11-9/h3-6,10H,2,7-8H2,1H3. The van der Waals surface area contributed by atoms with E-state index in [1.54, 1.807) is 11.8 Å². The largest absolute Gasteiger partial charge is 0.316 e. The van der Waals surface area contributed by atoms with E-state index in [0.717, 1.165) is 23.9 Å². The van der Waals surface area contributed by atoms with Gasteiger partial charge in [-0.3, -0.25) is 0 Å². The first-order valence-corrected chi connectivity index (χ1v) is 5.16. The summed E-state index contributed by atoms with van der Waals surface area (Å²) in [4.78, 5) is 4.21. The van der Waals surface area contributed by atoms with Gasteiger partial charge in [-0.1, -0.05) is 13.0 Å². The van der Waals surface area contributed by atoms with Crippen LogP contribution in [0.4, 0.5) is 0 Å². The molecule has 0 spiro atoms. The Balaban J connectivity index is 2.16. The second-order valence-electron chi connectivity index (χ2n) is 2.37. The van der Waals surface area contributed by atoms with E-state index in [0.29, 0.717) is 0 Å². The third-order valence-corrected chi connectivity index (χ3v) is 2.36. The number of pyridine rings is 1. The van der Waals surface area contributed by atoms with Gasteiger partial charge in [-0.15, -0.1) is 11.8 Å². The molecule has 1 aromatic rings. The van der Waals surface area contributed by atoms with Crippen LogP contribution in [0, 0.1) is 0 Å². The normalized spacial score (nSPS) is 10.1. The lowest BCUT2D eigenvalue weighted by molar-refractivity contribution is 0.768. The Kier molecular flexibility index (Phi) is 4.80. The molecule has 1 aromatic heterocycles. The molecule has 0 aromatic carbocycles. The lowest BCUT2D eigenvalue weighted by atomic mass is 10.5. The summed E-state index contributed by atoms with van der Waals surface area (Å²) >= 11 is 1.79. The van der Waals surface area contributed by atoms with Crippen molar-refractivity contribution in [1.29, 1.82) is 0 Å². The lowest BCUT2D eigenvalue weighted by Crippen LogP contribution is -2.15. The van der Waals surface area contributed by atoms with Gasteiger partial charge in [0, 0.05) is 18.5 Å². The van der Waals surface area contributed by atoms with E-state index in [1.807, 2.05) is 24.4 Å². The van der Waals surface area contributed by atoms with Gasteiger partial charge in [0.05, 0.1) is 5.03 Å². The van der Waals surface area contributed by atoms with E-state index < -0.39 is 0 Å². The zero-order valence-corrected chi connectivity index (χ0v) is 8.10. The van der Waals surface area contributed by atoms with Crippen LogP contribution in [0.2, 0.25) is 0 Å². The molecule has 0 fully saturated rings. The topological polar surface area (TPSA) is 24.9 Å². The Morgan fingerprint density at radius 1 is 1.50 bits per heavy atom. The van der Waals surface area contributed by atoms with Gasteiger partial charge in [0.25, 0.3) is 0 Å². The molecule has 0 aliphatic rings. The highest BCUT2D eigenvalue weighted by molar-refractivity contribution is 7.99. The number of hydrogen-bond donors (Lipinski definition) is 1. The predicted molar refractivity (Wildman–Crippen MR) is 53.5 cm³/mol. The number of hydrogen-bond acceptors (Lipinski definition) is 3. The van der Waals surface area contributed by atoms with Crippen LogP contribution in [0.3, 0.4) is 0 Å². The summed E-state index contributed by atoms with van der Waals surface area (Å²) in [7, 11) is 0. The maximum absolute atomic E-state index is 4.21. The van der Waals surface area contributed by atoms with Crippen LogP contribution in [-0.4, -0.2) is 23.8 Å². The van der Waals surface area contributed by atoms with Gasteiger partial charge in [-0.05, 0) is 18.7 Å². The van der Waals surface area contributed by atoms with Gasteiger partial charge in [0.2, 0.25) is 0 Å². The first-order chi connectivity index (χ1) is 5.93. The van der Waals surface area contributed by atoms with Crippen molar-refractivity contribution in [3.8, 4) is 0 Å². The first-order valence-electron chi connectivity index (χ1n) is 4.18. The lowest BCUT2D eigenvalue weighted by Gasteiger charge is -2.00. The van der Waals surface area contributed by atoms with Gasteiger partial charge < -0.3 is 5.32 Å². The number of rotatable bonds is 5. The minimum absolute atomic E-state index is 1.04. The van der Waals surface area contributed by atoms with Crippen molar-refractivity contribution in [2.75, 3.05) is 18.8 Å². The number of nitrogens with zero attached hydrogens (tertiary/aromatic N) is 1. The van der Waals surface area contributed by atoms with E-state index in [9.17, 15) is 0 Å². The Labute approximate surface area is 77.8 Å². The number of nitrogens with one attached hydrogen (secondary N) is 1. The molecule has 1 rings (SSSR count). The Morgan fingerprint density at radius 2 is 2.42 bits per heavy atom. The van der Waals surface area contributed by atoms with Gasteiger partial charge in [-0.25, -0.2) is 4.98 Å². The van der Waals surface area contributed by atoms with Crippen LogP contribution in [-0.2, 0) is 0 Å². The van der Waals surface area contributed by atoms with Crippen molar-refractivity contribution in [1.82, 2.24) is 10.3 Å². The maximum Gasteiger partial charge on any atom is 0.0960 e. The molecule has 0 aliphatic heterocycles. The first kappa shape index (κ1) is 9.55. The molecule has 12 heavy (non-hydrogen) atoms. The van der Waals surface area contributed by atoms with Crippen molar-refractivity contribution in [3.63, 3.8) is 0 Å². The monoisotopic (exact) mass is 182 g/mol. The summed E-state index contributed by atoms with van der Waals surface area (Å²) in [5, 5.41) is 4.38. The summed E-state index contributed by atoms with van der Waals surface area (Å²) in [5.41, 5.74) is 0. The summed E-state index contributed by atoms with van der Waals surface area (Å²) in [6.45, 7) is 4.21. The molecule has 2 nitrogen and oxygen atoms in total. The molecule has 0 bridgehead atoms. The molecule has 66 valence electrons. The Hall–Kier alpha value is -0.540. The molecule has 1 N–H and O–H groups in total. The summed E-state index contributed by atoms with van der Waals surface area (Å²) in [5.74, 6) is 1.09. The van der Waals surface area contributed by atoms with E-state index in [1.165, 1.54) is 0 Å². The van der Waals surface area contributed by atoms with Gasteiger partial charge >= 0.3 is 0 Å². The molecule has 0 atom stereocenters. The minimum atomic E-state index is 1.04. The Morgan fingerprint density at radius 3 is 3.08 bits per heavy atom. The zero-order valence-electron chi connectivity index (χ0n) is 7.29. The number of thioether (sulfide) groups is 1. The minimum Gasteiger partial charge on any atom is -0.316 e. The second kappa shape index (κ2) is 6.03. The molecular formula is C9H14N2S. The average molecular weight is 182 g/mol. The maximum atomic E-state index is 4.21. The molecule has 3 heteroatoms. The summed E-state index contributed by atoms with van der Waals surface area (Å²) in [6.07, 6.45) is 1.83. The fourth-order valence-corrected chi connectivity index (χ4v) is 1.60. The third kappa shape index (κ3) is 3.74. The highest BCUT2D eigenvalue weighted by Gasteiger charge is 1.91. The van der Waals surface area contributed by atoms with Crippen LogP contribution in [0.5, 0.6) is 0 Å². The van der Waals surface area contributed by atoms with Crippen molar-refractivity contribution < 1.29 is 0 Å². The van der Waals surface area contributed by atoms with Crippen molar-refractivity contribution >= 4 is 11.8 Å². The highest BCUT2D eigenvalue weighted by Crippen LogP contribution is 2.12. The molecule has 0 saturated heterocycles. The fraction of sp³-hybridized carbons (Fsp3) is 0.444. The second-order valence-corrected chi connectivity index (χ2v) is 3.49. The fourth-order valence-electron chi connectivity index (χ4n) is 0.837. The molecule has 0 saturated carbocycles. The molecule has 1 heterocycles. The predicted octanol–water partition coefficient (Wildman–Crippen LogP) is 1.78. The van der Waals surface area contributed by atoms with Gasteiger partial charge in [0.1, 0.15) is 0 Å². The van der Waals surface area contributed by atoms with Crippen LogP contribution in [0.1, 0.15) is 6.92 Å². The Bertz CT molecular complexity index is 201. The highest BCUT2D eigenvalue weighted by atomic mass is 32.2. The average Bonchev–Trinajstić information content (AvgIpc) is 2.14. The molecule has 0 aliphatic carbocycles. The van der Waals surface area contributed by atoms with Gasteiger partial charge in [0.15, 0.2) is 0 Å². The van der Waals surface area contributed by atoms with Gasteiger partial charge in [-0.2, -0.15) is 0 Å². The summed E-state index contributed by atoms with van der Waals surface area (Å²) in [6, 6.07) is 5.99. The third-order valence-electron chi connectivity index (χ3n) is 1.42. The van der Waals surface area contributed by atoms with Crippen molar-refractivity contribution in [3.05, 3.63) is 24.4 Å². The van der Waals surface area contributed by atoms with E-state index in [4.69, 9.17) is 0 Å². The van der Waals surface area contributed by atoms with E-state index >= 15 is 0 Å². The molecule has 0 unspecified atom stereocenters. The quantitative estimate of drug-likeness (QED) is 0.555. The van der Waals surface area contributed by atoms with Crippen LogP contribution >= 0.6 is 11.8 Å².